The van der Waals surface area contributed by atoms with Crippen LogP contribution in [0.2, 0.25) is 0 Å². The van der Waals surface area contributed by atoms with E-state index in [0.29, 0.717) is 0 Å². The highest BCUT2D eigenvalue weighted by molar-refractivity contribution is 5.76. The fourth-order valence-corrected chi connectivity index (χ4v) is 1.65. The van der Waals surface area contributed by atoms with Gasteiger partial charge >= 0.3 is 0 Å². The maximum Gasteiger partial charge on any atom is 0.117 e. The molecule has 0 N–H and O–H groups in total. The van der Waals surface area contributed by atoms with Crippen molar-refractivity contribution in [2.24, 2.45) is 0 Å². The maximum atomic E-state index is 4.47. The lowest BCUT2D eigenvalue weighted by molar-refractivity contribution is 1.25. The van der Waals surface area contributed by atoms with Crippen LogP contribution in [0.4, 0.5) is 0 Å². The quantitative estimate of drug-likeness (QED) is 0.681. The third-order valence-corrected chi connectivity index (χ3v) is 2.53. The Bertz CT molecular complexity index is 690. The zero-order chi connectivity index (χ0) is 12.2. The van der Waals surface area contributed by atoms with Crippen LogP contribution in [0.25, 0.3) is 23.2 Å². The standard InChI is InChI=1S/C15H10N3/c1-2-6-15-14(5-1)17-11-13(18-15)8-7-12-4-3-9-16-10-12/h1-10H. The lowest BCUT2D eigenvalue weighted by Crippen LogP contribution is -1.87. The van der Waals surface area contributed by atoms with E-state index >= 15 is 0 Å². The molecule has 3 rings (SSSR count). The van der Waals surface area contributed by atoms with E-state index in [9.17, 15) is 0 Å². The van der Waals surface area contributed by atoms with Gasteiger partial charge < -0.3 is 0 Å². The van der Waals surface area contributed by atoms with Crippen molar-refractivity contribution in [3.63, 3.8) is 0 Å². The molecule has 3 heteroatoms. The van der Waals surface area contributed by atoms with Gasteiger partial charge in [-0.05, 0) is 29.8 Å². The number of aromatic nitrogens is 3. The molecule has 0 saturated carbocycles. The van der Waals surface area contributed by atoms with E-state index in [0.717, 1.165) is 22.3 Å². The Morgan fingerprint density at radius 2 is 1.83 bits per heavy atom. The van der Waals surface area contributed by atoms with Gasteiger partial charge in [0.05, 0.1) is 16.7 Å². The van der Waals surface area contributed by atoms with E-state index in [2.05, 4.69) is 21.1 Å². The Balaban J connectivity index is 1.93. The molecule has 0 aliphatic carbocycles. The van der Waals surface area contributed by atoms with Gasteiger partial charge in [-0.3, -0.25) is 4.98 Å². The molecule has 1 radical (unpaired) electrons. The largest absolute Gasteiger partial charge is 0.264 e. The summed E-state index contributed by atoms with van der Waals surface area (Å²) in [5.74, 6) is 0. The summed E-state index contributed by atoms with van der Waals surface area (Å²) < 4.78 is 0. The monoisotopic (exact) mass is 232 g/mol. The molecule has 3 nitrogen and oxygen atoms in total. The van der Waals surface area contributed by atoms with E-state index in [1.54, 1.807) is 12.4 Å². The maximum absolute atomic E-state index is 4.47. The molecule has 0 aliphatic rings. The van der Waals surface area contributed by atoms with E-state index in [1.807, 2.05) is 48.6 Å². The van der Waals surface area contributed by atoms with Crippen molar-refractivity contribution in [3.05, 3.63) is 66.2 Å². The second-order valence-corrected chi connectivity index (χ2v) is 3.83. The first kappa shape index (κ1) is 10.6. The fourth-order valence-electron chi connectivity index (χ4n) is 1.65. The smallest absolute Gasteiger partial charge is 0.117 e. The van der Waals surface area contributed by atoms with E-state index in [1.165, 1.54) is 0 Å². The zero-order valence-electron chi connectivity index (χ0n) is 9.62. The second-order valence-electron chi connectivity index (χ2n) is 3.83. The summed E-state index contributed by atoms with van der Waals surface area (Å²) in [5, 5.41) is 0. The first-order chi connectivity index (χ1) is 8.92. The van der Waals surface area contributed by atoms with Crippen molar-refractivity contribution in [3.8, 4) is 0 Å². The summed E-state index contributed by atoms with van der Waals surface area (Å²) in [5.41, 5.74) is 3.48. The predicted molar refractivity (Wildman–Crippen MR) is 71.5 cm³/mol. The molecule has 0 saturated heterocycles. The predicted octanol–water partition coefficient (Wildman–Crippen LogP) is 3.00. The van der Waals surface area contributed by atoms with Crippen LogP contribution in [-0.2, 0) is 0 Å². The van der Waals surface area contributed by atoms with Crippen LogP contribution in [0.3, 0.4) is 0 Å². The molecule has 18 heavy (non-hydrogen) atoms. The molecule has 0 aliphatic heterocycles. The van der Waals surface area contributed by atoms with E-state index < -0.39 is 0 Å². The Morgan fingerprint density at radius 3 is 2.67 bits per heavy atom. The molecule has 0 fully saturated rings. The number of benzene rings is 1. The van der Waals surface area contributed by atoms with Crippen LogP contribution in [0.5, 0.6) is 0 Å². The van der Waals surface area contributed by atoms with Crippen molar-refractivity contribution in [1.82, 2.24) is 15.0 Å². The molecule has 3 aromatic rings. The average Bonchev–Trinajstić information content (AvgIpc) is 2.46. The normalized spacial score (nSPS) is 11.1. The van der Waals surface area contributed by atoms with Gasteiger partial charge in [-0.1, -0.05) is 24.3 Å². The summed E-state index contributed by atoms with van der Waals surface area (Å²) in [4.78, 5) is 12.8. The Hall–Kier alpha value is -2.55. The molecule has 1 aromatic carbocycles. The van der Waals surface area contributed by atoms with Crippen molar-refractivity contribution in [2.75, 3.05) is 0 Å². The van der Waals surface area contributed by atoms with Gasteiger partial charge in [0.15, 0.2) is 0 Å². The Labute approximate surface area is 105 Å². The second kappa shape index (κ2) is 4.75. The minimum absolute atomic E-state index is 0.720. The minimum atomic E-state index is 0.720. The van der Waals surface area contributed by atoms with E-state index in [-0.39, 0.29) is 0 Å². The molecule has 85 valence electrons. The number of rotatable bonds is 2. The molecule has 2 heterocycles. The third-order valence-electron chi connectivity index (χ3n) is 2.53. The minimum Gasteiger partial charge on any atom is -0.264 e. The van der Waals surface area contributed by atoms with Crippen molar-refractivity contribution < 1.29 is 0 Å². The van der Waals surface area contributed by atoms with Gasteiger partial charge in [-0.2, -0.15) is 0 Å². The van der Waals surface area contributed by atoms with Crippen molar-refractivity contribution in [2.45, 2.75) is 0 Å². The highest BCUT2D eigenvalue weighted by Gasteiger charge is 1.96. The summed E-state index contributed by atoms with van der Waals surface area (Å²) >= 11 is 0. The lowest BCUT2D eigenvalue weighted by atomic mass is 10.2. The lowest BCUT2D eigenvalue weighted by Gasteiger charge is -1.96. The van der Waals surface area contributed by atoms with Crippen molar-refractivity contribution >= 4 is 23.2 Å². The topological polar surface area (TPSA) is 38.7 Å². The molecule has 0 amide bonds. The van der Waals surface area contributed by atoms with Crippen molar-refractivity contribution in [1.29, 1.82) is 0 Å². The summed E-state index contributed by atoms with van der Waals surface area (Å²) in [6, 6.07) is 11.6. The summed E-state index contributed by atoms with van der Waals surface area (Å²) in [6.45, 7) is 0. The van der Waals surface area contributed by atoms with Gasteiger partial charge in [0, 0.05) is 12.4 Å². The highest BCUT2D eigenvalue weighted by Crippen LogP contribution is 2.10. The highest BCUT2D eigenvalue weighted by atomic mass is 14.8. The summed E-state index contributed by atoms with van der Waals surface area (Å²) in [7, 11) is 0. The SMILES string of the molecule is [c]1nc2ccccc2nc1C=Cc1cccnc1. The molecule has 0 bridgehead atoms. The van der Waals surface area contributed by atoms with Gasteiger partial charge in [-0.25, -0.2) is 9.97 Å². The van der Waals surface area contributed by atoms with Gasteiger partial charge in [0.1, 0.15) is 6.20 Å². The zero-order valence-corrected chi connectivity index (χ0v) is 9.62. The molecular weight excluding hydrogens is 222 g/mol. The molecule has 0 unspecified atom stereocenters. The molecular formula is C15H10N3. The Kier molecular flexibility index (Phi) is 2.80. The number of hydrogen-bond acceptors (Lipinski definition) is 3. The molecule has 0 spiro atoms. The number of pyridine rings is 1. The number of hydrogen-bond donors (Lipinski definition) is 0. The first-order valence-corrected chi connectivity index (χ1v) is 5.64. The first-order valence-electron chi connectivity index (χ1n) is 5.64. The van der Waals surface area contributed by atoms with E-state index in [4.69, 9.17) is 0 Å². The number of nitrogens with zero attached hydrogens (tertiary/aromatic N) is 3. The molecule has 0 atom stereocenters. The average molecular weight is 232 g/mol. The van der Waals surface area contributed by atoms with Crippen LogP contribution in [0.15, 0.2) is 48.8 Å². The number of fused-ring (bicyclic) bond motifs is 1. The van der Waals surface area contributed by atoms with Crippen LogP contribution < -0.4 is 0 Å². The fraction of sp³-hybridized carbons (Fsp3) is 0. The number of para-hydroxylation sites is 2. The third kappa shape index (κ3) is 2.25. The van der Waals surface area contributed by atoms with Gasteiger partial charge in [0.2, 0.25) is 0 Å². The van der Waals surface area contributed by atoms with Crippen LogP contribution in [0.1, 0.15) is 11.3 Å². The summed E-state index contributed by atoms with van der Waals surface area (Å²) in [6.07, 6.45) is 10.3. The van der Waals surface area contributed by atoms with Crippen LogP contribution >= 0.6 is 0 Å². The Morgan fingerprint density at radius 1 is 0.944 bits per heavy atom. The van der Waals surface area contributed by atoms with Crippen LogP contribution in [-0.4, -0.2) is 15.0 Å². The van der Waals surface area contributed by atoms with Crippen LogP contribution in [0, 0.1) is 6.20 Å². The molecule has 2 aromatic heterocycles. The van der Waals surface area contributed by atoms with Gasteiger partial charge in [-0.15, -0.1) is 0 Å². The van der Waals surface area contributed by atoms with Gasteiger partial charge in [0.25, 0.3) is 0 Å².